The Hall–Kier alpha value is -3.13. The number of nitrogens with one attached hydrogen (secondary N) is 2. The van der Waals surface area contributed by atoms with Crippen molar-refractivity contribution in [2.45, 2.75) is 26.4 Å². The SMILES string of the molecule is CC(C)[C@H](CO)Nc1nc(NCc2ccc(F)c(F)c2)cc(-c2ccncc2)n1. The van der Waals surface area contributed by atoms with Crippen LogP contribution < -0.4 is 10.6 Å². The third-order valence-electron chi connectivity index (χ3n) is 4.48. The van der Waals surface area contributed by atoms with Crippen molar-refractivity contribution in [2.24, 2.45) is 5.92 Å². The predicted octanol–water partition coefficient (Wildman–Crippen LogP) is 3.86. The van der Waals surface area contributed by atoms with E-state index in [9.17, 15) is 13.9 Å². The lowest BCUT2D eigenvalue weighted by Crippen LogP contribution is -2.30. The first-order valence-electron chi connectivity index (χ1n) is 9.31. The van der Waals surface area contributed by atoms with Gasteiger partial charge in [0.15, 0.2) is 11.6 Å². The molecular weight excluding hydrogens is 376 g/mol. The number of benzene rings is 1. The second-order valence-corrected chi connectivity index (χ2v) is 6.98. The van der Waals surface area contributed by atoms with Gasteiger partial charge in [-0.2, -0.15) is 4.98 Å². The van der Waals surface area contributed by atoms with E-state index in [-0.39, 0.29) is 25.1 Å². The molecule has 0 fully saturated rings. The minimum absolute atomic E-state index is 0.0574. The van der Waals surface area contributed by atoms with Gasteiger partial charge in [0.1, 0.15) is 5.82 Å². The van der Waals surface area contributed by atoms with E-state index in [4.69, 9.17) is 0 Å². The monoisotopic (exact) mass is 399 g/mol. The molecule has 3 rings (SSSR count). The highest BCUT2D eigenvalue weighted by atomic mass is 19.2. The first kappa shape index (κ1) is 20.6. The Morgan fingerprint density at radius 2 is 1.76 bits per heavy atom. The number of halogens is 2. The molecule has 3 N–H and O–H groups in total. The molecule has 6 nitrogen and oxygen atoms in total. The average molecular weight is 399 g/mol. The molecule has 1 atom stereocenters. The van der Waals surface area contributed by atoms with Gasteiger partial charge in [0.2, 0.25) is 5.95 Å². The Morgan fingerprint density at radius 3 is 2.41 bits per heavy atom. The number of aliphatic hydroxyl groups is 1. The van der Waals surface area contributed by atoms with Crippen LogP contribution in [0.25, 0.3) is 11.3 Å². The van der Waals surface area contributed by atoms with Crippen LogP contribution in [0.3, 0.4) is 0 Å². The van der Waals surface area contributed by atoms with E-state index >= 15 is 0 Å². The molecule has 0 amide bonds. The fourth-order valence-corrected chi connectivity index (χ4v) is 2.70. The van der Waals surface area contributed by atoms with Crippen molar-refractivity contribution < 1.29 is 13.9 Å². The Morgan fingerprint density at radius 1 is 1.00 bits per heavy atom. The predicted molar refractivity (Wildman–Crippen MR) is 108 cm³/mol. The van der Waals surface area contributed by atoms with Crippen LogP contribution in [0.1, 0.15) is 19.4 Å². The molecule has 29 heavy (non-hydrogen) atoms. The molecular formula is C21H23F2N5O. The van der Waals surface area contributed by atoms with Gasteiger partial charge in [0.05, 0.1) is 18.3 Å². The lowest BCUT2D eigenvalue weighted by Gasteiger charge is -2.20. The molecule has 0 saturated carbocycles. The summed E-state index contributed by atoms with van der Waals surface area (Å²) in [6, 6.07) is 8.97. The molecule has 0 aliphatic carbocycles. The van der Waals surface area contributed by atoms with Gasteiger partial charge in [-0.1, -0.05) is 19.9 Å². The van der Waals surface area contributed by atoms with Gasteiger partial charge >= 0.3 is 0 Å². The van der Waals surface area contributed by atoms with Crippen LogP contribution in [0.2, 0.25) is 0 Å². The molecule has 2 aromatic heterocycles. The Labute approximate surface area is 168 Å². The Kier molecular flexibility index (Phi) is 6.66. The van der Waals surface area contributed by atoms with E-state index in [1.54, 1.807) is 18.5 Å². The molecule has 2 heterocycles. The van der Waals surface area contributed by atoms with Crippen LogP contribution in [0.4, 0.5) is 20.5 Å². The molecule has 0 radical (unpaired) electrons. The summed E-state index contributed by atoms with van der Waals surface area (Å²) in [5, 5.41) is 15.9. The van der Waals surface area contributed by atoms with Crippen LogP contribution >= 0.6 is 0 Å². The fraction of sp³-hybridized carbons (Fsp3) is 0.286. The summed E-state index contributed by atoms with van der Waals surface area (Å²) in [6.45, 7) is 4.18. The van der Waals surface area contributed by atoms with Crippen LogP contribution in [-0.4, -0.2) is 32.7 Å². The Bertz CT molecular complexity index is 953. The second kappa shape index (κ2) is 9.38. The molecule has 152 valence electrons. The van der Waals surface area contributed by atoms with Crippen molar-refractivity contribution in [1.29, 1.82) is 0 Å². The minimum Gasteiger partial charge on any atom is -0.394 e. The number of rotatable bonds is 8. The molecule has 0 aliphatic heterocycles. The third kappa shape index (κ3) is 5.45. The van der Waals surface area contributed by atoms with E-state index in [2.05, 4.69) is 25.6 Å². The maximum absolute atomic E-state index is 13.4. The van der Waals surface area contributed by atoms with Crippen LogP contribution in [0.5, 0.6) is 0 Å². The quantitative estimate of drug-likeness (QED) is 0.534. The summed E-state index contributed by atoms with van der Waals surface area (Å²) >= 11 is 0. The topological polar surface area (TPSA) is 83.0 Å². The summed E-state index contributed by atoms with van der Waals surface area (Å²) in [5.74, 6) is -0.730. The first-order chi connectivity index (χ1) is 14.0. The van der Waals surface area contributed by atoms with Crippen molar-refractivity contribution in [1.82, 2.24) is 15.0 Å². The number of anilines is 2. The largest absolute Gasteiger partial charge is 0.394 e. The summed E-state index contributed by atoms with van der Waals surface area (Å²) in [5.41, 5.74) is 2.10. The molecule has 0 unspecified atom stereocenters. The molecule has 0 saturated heterocycles. The molecule has 8 heteroatoms. The van der Waals surface area contributed by atoms with Crippen molar-refractivity contribution >= 4 is 11.8 Å². The van der Waals surface area contributed by atoms with E-state index in [1.165, 1.54) is 6.07 Å². The van der Waals surface area contributed by atoms with Crippen molar-refractivity contribution in [3.63, 3.8) is 0 Å². The maximum Gasteiger partial charge on any atom is 0.225 e. The number of hydrogen-bond acceptors (Lipinski definition) is 6. The summed E-state index contributed by atoms with van der Waals surface area (Å²) in [6.07, 6.45) is 3.34. The van der Waals surface area contributed by atoms with Crippen molar-refractivity contribution in [2.75, 3.05) is 17.2 Å². The average Bonchev–Trinajstić information content (AvgIpc) is 2.73. The summed E-state index contributed by atoms with van der Waals surface area (Å²) < 4.78 is 26.6. The van der Waals surface area contributed by atoms with E-state index in [1.807, 2.05) is 26.0 Å². The zero-order valence-electron chi connectivity index (χ0n) is 16.2. The lowest BCUT2D eigenvalue weighted by atomic mass is 10.1. The molecule has 3 aromatic rings. The minimum atomic E-state index is -0.894. The molecule has 0 aliphatic rings. The number of pyridine rings is 1. The Balaban J connectivity index is 1.88. The van der Waals surface area contributed by atoms with Crippen molar-refractivity contribution in [3.05, 3.63) is 66.0 Å². The van der Waals surface area contributed by atoms with Gasteiger partial charge in [0, 0.05) is 30.6 Å². The highest BCUT2D eigenvalue weighted by Gasteiger charge is 2.15. The number of nitrogens with zero attached hydrogens (tertiary/aromatic N) is 3. The number of hydrogen-bond donors (Lipinski definition) is 3. The molecule has 1 aromatic carbocycles. The zero-order chi connectivity index (χ0) is 20.8. The van der Waals surface area contributed by atoms with E-state index in [0.717, 1.165) is 17.7 Å². The lowest BCUT2D eigenvalue weighted by molar-refractivity contribution is 0.248. The van der Waals surface area contributed by atoms with Crippen molar-refractivity contribution in [3.8, 4) is 11.3 Å². The first-order valence-corrected chi connectivity index (χ1v) is 9.31. The molecule has 0 spiro atoms. The van der Waals surface area contributed by atoms with Crippen LogP contribution in [0.15, 0.2) is 48.8 Å². The zero-order valence-corrected chi connectivity index (χ0v) is 16.2. The number of aliphatic hydroxyl groups excluding tert-OH is 1. The van der Waals surface area contributed by atoms with E-state index < -0.39 is 11.6 Å². The highest BCUT2D eigenvalue weighted by Crippen LogP contribution is 2.22. The normalized spacial score (nSPS) is 12.1. The third-order valence-corrected chi connectivity index (χ3v) is 4.48. The summed E-state index contributed by atoms with van der Waals surface area (Å²) in [4.78, 5) is 13.0. The molecule has 0 bridgehead atoms. The fourth-order valence-electron chi connectivity index (χ4n) is 2.70. The highest BCUT2D eigenvalue weighted by molar-refractivity contribution is 5.64. The standard InChI is InChI=1S/C21H23F2N5O/c1-13(2)19(12-29)27-21-26-18(15-5-7-24-8-6-15)10-20(28-21)25-11-14-3-4-16(22)17(23)9-14/h3-10,13,19,29H,11-12H2,1-2H3,(H2,25,26,27,28)/t19-/m0/s1. The van der Waals surface area contributed by atoms with Crippen LogP contribution in [-0.2, 0) is 6.54 Å². The van der Waals surface area contributed by atoms with E-state index in [0.29, 0.717) is 23.0 Å². The van der Waals surface area contributed by atoms with Gasteiger partial charge in [-0.05, 0) is 35.7 Å². The van der Waals surface area contributed by atoms with Gasteiger partial charge in [-0.15, -0.1) is 0 Å². The van der Waals surface area contributed by atoms with Gasteiger partial charge < -0.3 is 15.7 Å². The van der Waals surface area contributed by atoms with Gasteiger partial charge in [-0.3, -0.25) is 4.98 Å². The maximum atomic E-state index is 13.4. The smallest absolute Gasteiger partial charge is 0.225 e. The van der Waals surface area contributed by atoms with Gasteiger partial charge in [-0.25, -0.2) is 13.8 Å². The second-order valence-electron chi connectivity index (χ2n) is 6.98. The summed E-state index contributed by atoms with van der Waals surface area (Å²) in [7, 11) is 0. The number of aromatic nitrogens is 3. The van der Waals surface area contributed by atoms with Gasteiger partial charge in [0.25, 0.3) is 0 Å². The van der Waals surface area contributed by atoms with Crippen LogP contribution in [0, 0.1) is 17.6 Å².